The third kappa shape index (κ3) is 7.99. The molecule has 5 heteroatoms. The zero-order valence-electron chi connectivity index (χ0n) is 15.8. The number of carbonyl (C=O) groups is 1. The van der Waals surface area contributed by atoms with Crippen LogP contribution in [0.5, 0.6) is 5.75 Å². The van der Waals surface area contributed by atoms with Gasteiger partial charge in [-0.2, -0.15) is 0 Å². The molecule has 1 aromatic carbocycles. The molecule has 25 heavy (non-hydrogen) atoms. The van der Waals surface area contributed by atoms with E-state index in [-0.39, 0.29) is 5.78 Å². The number of rotatable bonds is 11. The highest BCUT2D eigenvalue weighted by atomic mass is 16.5. The minimum atomic E-state index is 0.229. The van der Waals surface area contributed by atoms with Crippen LogP contribution in [0.4, 0.5) is 0 Å². The number of quaternary nitrogens is 2. The van der Waals surface area contributed by atoms with Gasteiger partial charge in [0.05, 0.1) is 19.8 Å². The largest absolute Gasteiger partial charge is 0.491 e. The lowest BCUT2D eigenvalue weighted by molar-refractivity contribution is -1.01. The first-order chi connectivity index (χ1) is 12.2. The molecule has 1 heterocycles. The van der Waals surface area contributed by atoms with E-state index in [2.05, 4.69) is 6.92 Å². The molecule has 5 nitrogen and oxygen atoms in total. The highest BCUT2D eigenvalue weighted by molar-refractivity contribution is 5.75. The average molecular weight is 351 g/mol. The molecule has 0 amide bonds. The Morgan fingerprint density at radius 2 is 1.68 bits per heavy atom. The maximum absolute atomic E-state index is 11.0. The van der Waals surface area contributed by atoms with Crippen LogP contribution in [0.15, 0.2) is 24.3 Å². The zero-order chi connectivity index (χ0) is 17.9. The van der Waals surface area contributed by atoms with Crippen LogP contribution in [0.2, 0.25) is 0 Å². The van der Waals surface area contributed by atoms with Gasteiger partial charge in [0.2, 0.25) is 0 Å². The minimum Gasteiger partial charge on any atom is -0.491 e. The summed E-state index contributed by atoms with van der Waals surface area (Å²) >= 11 is 0. The Morgan fingerprint density at radius 3 is 2.32 bits per heavy atom. The van der Waals surface area contributed by atoms with E-state index in [0.29, 0.717) is 19.6 Å². The molecule has 2 rings (SSSR count). The molecule has 0 aromatic heterocycles. The fraction of sp³-hybridized carbons (Fsp3) is 0.650. The molecular formula is C20H34N2O3+2. The molecule has 0 bridgehead atoms. The van der Waals surface area contributed by atoms with Gasteiger partial charge in [-0.3, -0.25) is 0 Å². The molecule has 2 N–H and O–H groups in total. The van der Waals surface area contributed by atoms with Crippen molar-refractivity contribution in [2.75, 3.05) is 59.1 Å². The van der Waals surface area contributed by atoms with Crippen LogP contribution in [0.25, 0.3) is 0 Å². The van der Waals surface area contributed by atoms with Gasteiger partial charge < -0.3 is 24.1 Å². The molecule has 0 saturated carbocycles. The Kier molecular flexibility index (Phi) is 8.94. The normalized spacial score (nSPS) is 20.4. The van der Waals surface area contributed by atoms with Crippen LogP contribution < -0.4 is 14.5 Å². The summed E-state index contributed by atoms with van der Waals surface area (Å²) in [6, 6.07) is 7.99. The molecule has 140 valence electrons. The summed E-state index contributed by atoms with van der Waals surface area (Å²) in [5, 5.41) is 0. The Hall–Kier alpha value is -1.43. The smallest absolute Gasteiger partial charge is 0.130 e. The molecule has 0 unspecified atom stereocenters. The maximum atomic E-state index is 11.0. The monoisotopic (exact) mass is 350 g/mol. The van der Waals surface area contributed by atoms with Gasteiger partial charge in [-0.15, -0.1) is 0 Å². The highest BCUT2D eigenvalue weighted by Gasteiger charge is 2.20. The van der Waals surface area contributed by atoms with Crippen molar-refractivity contribution in [2.45, 2.75) is 26.7 Å². The van der Waals surface area contributed by atoms with E-state index in [1.54, 1.807) is 16.7 Å². The quantitative estimate of drug-likeness (QED) is 0.524. The average Bonchev–Trinajstić information content (AvgIpc) is 2.64. The second-order valence-corrected chi connectivity index (χ2v) is 6.91. The number of piperazine rings is 1. The van der Waals surface area contributed by atoms with Crippen molar-refractivity contribution in [1.29, 1.82) is 0 Å². The molecule has 1 aliphatic rings. The number of aryl methyl sites for hydroxylation is 1. The number of carbonyl (C=O) groups excluding carboxylic acids is 1. The van der Waals surface area contributed by atoms with E-state index in [9.17, 15) is 4.79 Å². The van der Waals surface area contributed by atoms with E-state index in [1.807, 2.05) is 24.3 Å². The summed E-state index contributed by atoms with van der Waals surface area (Å²) in [5.74, 6) is 1.09. The topological polar surface area (TPSA) is 44.4 Å². The number of nitrogens with one attached hydrogen (secondary N) is 2. The van der Waals surface area contributed by atoms with Crippen LogP contribution in [-0.4, -0.2) is 64.9 Å². The first kappa shape index (κ1) is 19.9. The van der Waals surface area contributed by atoms with Crippen LogP contribution in [0.3, 0.4) is 0 Å². The summed E-state index contributed by atoms with van der Waals surface area (Å²) < 4.78 is 11.4. The summed E-state index contributed by atoms with van der Waals surface area (Å²) in [7, 11) is 0. The number of hydrogen-bond donors (Lipinski definition) is 2. The first-order valence-corrected chi connectivity index (χ1v) is 9.63. The Labute approximate surface area is 151 Å². The van der Waals surface area contributed by atoms with Gasteiger partial charge in [0.25, 0.3) is 0 Å². The third-order valence-electron chi connectivity index (χ3n) is 4.95. The summed E-state index contributed by atoms with van der Waals surface area (Å²) in [4.78, 5) is 14.4. The van der Waals surface area contributed by atoms with Gasteiger partial charge in [-0.1, -0.05) is 12.1 Å². The number of likely N-dealkylation sites (N-methyl/N-ethyl adjacent to an activating group) is 1. The number of ether oxygens (including phenoxy) is 2. The number of ketones is 1. The Bertz CT molecular complexity index is 496. The van der Waals surface area contributed by atoms with Crippen molar-refractivity contribution in [3.63, 3.8) is 0 Å². The molecule has 1 saturated heterocycles. The van der Waals surface area contributed by atoms with Crippen LogP contribution in [0.1, 0.15) is 25.8 Å². The van der Waals surface area contributed by atoms with Crippen LogP contribution >= 0.6 is 0 Å². The number of Topliss-reactive ketones (excluding diaryl/α,β-unsaturated/α-hetero) is 1. The predicted octanol–water partition coefficient (Wildman–Crippen LogP) is -0.593. The third-order valence-corrected chi connectivity index (χ3v) is 4.95. The Balaban J connectivity index is 1.51. The molecular weight excluding hydrogens is 316 g/mol. The molecule has 1 aliphatic heterocycles. The second kappa shape index (κ2) is 11.2. The van der Waals surface area contributed by atoms with Gasteiger partial charge >= 0.3 is 0 Å². The summed E-state index contributed by atoms with van der Waals surface area (Å²) in [5.41, 5.74) is 1.17. The lowest BCUT2D eigenvalue weighted by Crippen LogP contribution is -3.28. The molecule has 0 aliphatic carbocycles. The SMILES string of the molecule is CC[NH+]1CC[NH+](CCOCCOc2ccc(CCC(C)=O)cc2)CC1. The van der Waals surface area contributed by atoms with Crippen molar-refractivity contribution in [3.8, 4) is 5.75 Å². The van der Waals surface area contributed by atoms with Gasteiger partial charge in [-0.05, 0) is 38.0 Å². The van der Waals surface area contributed by atoms with Crippen molar-refractivity contribution in [1.82, 2.24) is 0 Å². The van der Waals surface area contributed by atoms with Crippen molar-refractivity contribution < 1.29 is 24.1 Å². The first-order valence-electron chi connectivity index (χ1n) is 9.63. The van der Waals surface area contributed by atoms with E-state index in [0.717, 1.165) is 25.3 Å². The zero-order valence-corrected chi connectivity index (χ0v) is 15.8. The predicted molar refractivity (Wildman–Crippen MR) is 98.6 cm³/mol. The van der Waals surface area contributed by atoms with E-state index in [1.165, 1.54) is 38.3 Å². The van der Waals surface area contributed by atoms with Crippen molar-refractivity contribution in [3.05, 3.63) is 29.8 Å². The highest BCUT2D eigenvalue weighted by Crippen LogP contribution is 2.13. The molecule has 1 fully saturated rings. The van der Waals surface area contributed by atoms with Gasteiger partial charge in [0, 0.05) is 6.42 Å². The van der Waals surface area contributed by atoms with Gasteiger partial charge in [0.1, 0.15) is 50.9 Å². The fourth-order valence-electron chi connectivity index (χ4n) is 3.17. The van der Waals surface area contributed by atoms with Crippen molar-refractivity contribution >= 4 is 5.78 Å². The fourth-order valence-corrected chi connectivity index (χ4v) is 3.17. The van der Waals surface area contributed by atoms with Crippen molar-refractivity contribution in [2.24, 2.45) is 0 Å². The van der Waals surface area contributed by atoms with E-state index in [4.69, 9.17) is 9.47 Å². The summed E-state index contributed by atoms with van der Waals surface area (Å²) in [6.07, 6.45) is 1.40. The minimum absolute atomic E-state index is 0.229. The van der Waals surface area contributed by atoms with Gasteiger partial charge in [-0.25, -0.2) is 0 Å². The van der Waals surface area contributed by atoms with Gasteiger partial charge in [0.15, 0.2) is 0 Å². The molecule has 0 radical (unpaired) electrons. The number of hydrogen-bond acceptors (Lipinski definition) is 3. The lowest BCUT2D eigenvalue weighted by Gasteiger charge is -2.28. The Morgan fingerprint density at radius 1 is 1.00 bits per heavy atom. The standard InChI is InChI=1S/C20H32N2O3/c1-3-21-10-12-22(13-11-21)14-15-24-16-17-25-20-8-6-19(7-9-20)5-4-18(2)23/h6-9H,3-5,10-17H2,1-2H3/p+2. The molecule has 0 atom stereocenters. The van der Waals surface area contributed by atoms with E-state index < -0.39 is 0 Å². The van der Waals surface area contributed by atoms with Crippen LogP contribution in [-0.2, 0) is 16.0 Å². The summed E-state index contributed by atoms with van der Waals surface area (Å²) in [6.45, 7) is 13.4. The molecule has 1 aromatic rings. The van der Waals surface area contributed by atoms with Crippen LogP contribution in [0, 0.1) is 0 Å². The molecule has 0 spiro atoms. The lowest BCUT2D eigenvalue weighted by atomic mass is 10.1. The number of benzene rings is 1. The van der Waals surface area contributed by atoms with E-state index >= 15 is 0 Å². The maximum Gasteiger partial charge on any atom is 0.130 e. The second-order valence-electron chi connectivity index (χ2n) is 6.91.